The lowest BCUT2D eigenvalue weighted by atomic mass is 10.2. The number of carbonyl (C=O) groups is 3. The Kier molecular flexibility index (Phi) is 4.45. The van der Waals surface area contributed by atoms with Crippen LogP contribution in [-0.4, -0.2) is 39.5 Å². The van der Waals surface area contributed by atoms with Crippen LogP contribution in [0.4, 0.5) is 4.79 Å². The molecule has 1 unspecified atom stereocenters. The molecule has 0 aromatic rings. The van der Waals surface area contributed by atoms with Gasteiger partial charge in [-0.3, -0.25) is 4.79 Å². The molecule has 0 rings (SSSR count). The van der Waals surface area contributed by atoms with Gasteiger partial charge in [-0.2, -0.15) is 0 Å². The number of aliphatic hydroxyl groups is 1. The molecule has 1 atom stereocenters. The molecule has 0 aliphatic rings. The van der Waals surface area contributed by atoms with Gasteiger partial charge in [0.15, 0.2) is 6.10 Å². The number of carboxylic acid groups (broad SMARTS) is 2. The van der Waals surface area contributed by atoms with Gasteiger partial charge in [-0.15, -0.1) is 0 Å². The van der Waals surface area contributed by atoms with Crippen molar-refractivity contribution < 1.29 is 34.4 Å². The summed E-state index contributed by atoms with van der Waals surface area (Å²) in [5, 5.41) is 24.9. The van der Waals surface area contributed by atoms with Crippen LogP contribution in [0.5, 0.6) is 0 Å². The number of carbonyl (C=O) groups excluding carboxylic acids is 1. The van der Waals surface area contributed by atoms with E-state index in [0.29, 0.717) is 0 Å². The quantitative estimate of drug-likeness (QED) is 0.402. The SMILES string of the molecule is O=C(O)CCC(O)C(=O)OC(=O)O. The molecule has 0 spiro atoms. The summed E-state index contributed by atoms with van der Waals surface area (Å²) in [4.78, 5) is 30.3. The van der Waals surface area contributed by atoms with Crippen LogP contribution >= 0.6 is 0 Å². The Bertz CT molecular complexity index is 221. The molecule has 0 aromatic heterocycles. The summed E-state index contributed by atoms with van der Waals surface area (Å²) in [5.41, 5.74) is 0. The maximum atomic E-state index is 10.5. The van der Waals surface area contributed by atoms with E-state index in [1.807, 2.05) is 0 Å². The van der Waals surface area contributed by atoms with E-state index in [1.165, 1.54) is 0 Å². The molecule has 0 aliphatic carbocycles. The predicted octanol–water partition coefficient (Wildman–Crippen LogP) is -0.567. The molecule has 0 amide bonds. The number of ether oxygens (including phenoxy) is 1. The summed E-state index contributed by atoms with van der Waals surface area (Å²) in [7, 11) is 0. The lowest BCUT2D eigenvalue weighted by molar-refractivity contribution is -0.149. The van der Waals surface area contributed by atoms with Gasteiger partial charge in [-0.1, -0.05) is 0 Å². The molecule has 0 bridgehead atoms. The number of rotatable bonds is 4. The fourth-order valence-electron chi connectivity index (χ4n) is 0.532. The fraction of sp³-hybridized carbons (Fsp3) is 0.500. The van der Waals surface area contributed by atoms with E-state index >= 15 is 0 Å². The van der Waals surface area contributed by atoms with Crippen LogP contribution in [0.1, 0.15) is 12.8 Å². The molecule has 0 saturated carbocycles. The van der Waals surface area contributed by atoms with Gasteiger partial charge in [0.1, 0.15) is 0 Å². The van der Waals surface area contributed by atoms with Crippen LogP contribution < -0.4 is 0 Å². The molecule has 13 heavy (non-hydrogen) atoms. The average Bonchev–Trinajstić information content (AvgIpc) is 1.98. The zero-order valence-electron chi connectivity index (χ0n) is 6.47. The summed E-state index contributed by atoms with van der Waals surface area (Å²) >= 11 is 0. The van der Waals surface area contributed by atoms with Gasteiger partial charge in [0.25, 0.3) is 0 Å². The third kappa shape index (κ3) is 5.62. The minimum absolute atomic E-state index is 0.374. The molecule has 74 valence electrons. The molecule has 0 fully saturated rings. The van der Waals surface area contributed by atoms with Gasteiger partial charge >= 0.3 is 18.1 Å². The minimum atomic E-state index is -1.83. The van der Waals surface area contributed by atoms with E-state index in [1.54, 1.807) is 0 Å². The van der Waals surface area contributed by atoms with Gasteiger partial charge in [-0.25, -0.2) is 9.59 Å². The Morgan fingerprint density at radius 3 is 2.15 bits per heavy atom. The van der Waals surface area contributed by atoms with Gasteiger partial charge in [0.2, 0.25) is 0 Å². The number of esters is 1. The van der Waals surface area contributed by atoms with Crippen molar-refractivity contribution >= 4 is 18.1 Å². The van der Waals surface area contributed by atoms with E-state index in [4.69, 9.17) is 15.3 Å². The van der Waals surface area contributed by atoms with Crippen molar-refractivity contribution in [2.75, 3.05) is 0 Å². The monoisotopic (exact) mass is 192 g/mol. The van der Waals surface area contributed by atoms with Crippen molar-refractivity contribution in [1.29, 1.82) is 0 Å². The molecule has 3 N–H and O–H groups in total. The second-order valence-electron chi connectivity index (χ2n) is 2.14. The fourth-order valence-corrected chi connectivity index (χ4v) is 0.532. The second kappa shape index (κ2) is 5.09. The molecule has 0 saturated heterocycles. The van der Waals surface area contributed by atoms with Gasteiger partial charge in [0, 0.05) is 6.42 Å². The highest BCUT2D eigenvalue weighted by Gasteiger charge is 2.20. The number of aliphatic hydroxyl groups excluding tert-OH is 1. The van der Waals surface area contributed by atoms with Gasteiger partial charge in [-0.05, 0) is 6.42 Å². The van der Waals surface area contributed by atoms with Crippen LogP contribution in [0.3, 0.4) is 0 Å². The Morgan fingerprint density at radius 1 is 1.23 bits per heavy atom. The lowest BCUT2D eigenvalue weighted by Gasteiger charge is -2.04. The minimum Gasteiger partial charge on any atom is -0.481 e. The van der Waals surface area contributed by atoms with E-state index < -0.39 is 30.6 Å². The van der Waals surface area contributed by atoms with Crippen LogP contribution in [0.15, 0.2) is 0 Å². The summed E-state index contributed by atoms with van der Waals surface area (Å²) in [6.45, 7) is 0. The topological polar surface area (TPSA) is 121 Å². The molecular formula is C6H8O7. The van der Waals surface area contributed by atoms with Gasteiger partial charge in [0.05, 0.1) is 0 Å². The smallest absolute Gasteiger partial charge is 0.481 e. The average molecular weight is 192 g/mol. The van der Waals surface area contributed by atoms with Crippen molar-refractivity contribution in [2.24, 2.45) is 0 Å². The number of aliphatic carboxylic acids is 1. The van der Waals surface area contributed by atoms with E-state index in [9.17, 15) is 14.4 Å². The normalized spacial score (nSPS) is 11.8. The molecule has 7 nitrogen and oxygen atoms in total. The Hall–Kier alpha value is -1.63. The summed E-state index contributed by atoms with van der Waals surface area (Å²) in [6, 6.07) is 0. The zero-order chi connectivity index (χ0) is 10.4. The second-order valence-corrected chi connectivity index (χ2v) is 2.14. The largest absolute Gasteiger partial charge is 0.513 e. The summed E-state index contributed by atoms with van der Waals surface area (Å²) in [5.74, 6) is -2.56. The van der Waals surface area contributed by atoms with E-state index in [2.05, 4.69) is 4.74 Å². The van der Waals surface area contributed by atoms with Crippen molar-refractivity contribution in [2.45, 2.75) is 18.9 Å². The molecule has 0 aliphatic heterocycles. The molecular weight excluding hydrogens is 184 g/mol. The Labute approximate surface area is 72.5 Å². The third-order valence-electron chi connectivity index (χ3n) is 1.09. The number of carboxylic acids is 1. The van der Waals surface area contributed by atoms with Crippen molar-refractivity contribution in [3.63, 3.8) is 0 Å². The number of hydrogen-bond acceptors (Lipinski definition) is 5. The van der Waals surface area contributed by atoms with E-state index in [-0.39, 0.29) is 6.42 Å². The molecule has 7 heteroatoms. The third-order valence-corrected chi connectivity index (χ3v) is 1.09. The van der Waals surface area contributed by atoms with Crippen molar-refractivity contribution in [1.82, 2.24) is 0 Å². The van der Waals surface area contributed by atoms with Crippen LogP contribution in [0.25, 0.3) is 0 Å². The van der Waals surface area contributed by atoms with Crippen molar-refractivity contribution in [3.8, 4) is 0 Å². The van der Waals surface area contributed by atoms with Gasteiger partial charge < -0.3 is 20.1 Å². The molecule has 0 aromatic carbocycles. The maximum Gasteiger partial charge on any atom is 0.513 e. The van der Waals surface area contributed by atoms with E-state index in [0.717, 1.165) is 0 Å². The van der Waals surface area contributed by atoms with Crippen LogP contribution in [0, 0.1) is 0 Å². The zero-order valence-corrected chi connectivity index (χ0v) is 6.47. The lowest BCUT2D eigenvalue weighted by Crippen LogP contribution is -2.25. The van der Waals surface area contributed by atoms with Crippen molar-refractivity contribution in [3.05, 3.63) is 0 Å². The first-order valence-electron chi connectivity index (χ1n) is 3.28. The van der Waals surface area contributed by atoms with Crippen LogP contribution in [-0.2, 0) is 14.3 Å². The molecule has 0 heterocycles. The first-order chi connectivity index (χ1) is 5.93. The highest BCUT2D eigenvalue weighted by atomic mass is 16.7. The first kappa shape index (κ1) is 11.4. The Morgan fingerprint density at radius 2 is 1.77 bits per heavy atom. The highest BCUT2D eigenvalue weighted by Crippen LogP contribution is 1.99. The highest BCUT2D eigenvalue weighted by molar-refractivity contribution is 5.84. The Balaban J connectivity index is 3.82. The summed E-state index contributed by atoms with van der Waals surface area (Å²) < 4.78 is 3.58. The first-order valence-corrected chi connectivity index (χ1v) is 3.28. The predicted molar refractivity (Wildman–Crippen MR) is 37.0 cm³/mol. The summed E-state index contributed by atoms with van der Waals surface area (Å²) in [6.07, 6.45) is -4.36. The number of hydrogen-bond donors (Lipinski definition) is 3. The standard InChI is InChI=1S/C6H8O7/c7-3(1-2-4(8)9)5(10)13-6(11)12/h3,7H,1-2H2,(H,8,9)(H,11,12). The van der Waals surface area contributed by atoms with Crippen LogP contribution in [0.2, 0.25) is 0 Å². The maximum absolute atomic E-state index is 10.5. The molecule has 0 radical (unpaired) electrons.